The van der Waals surface area contributed by atoms with E-state index in [2.05, 4.69) is 31.9 Å². The van der Waals surface area contributed by atoms with E-state index >= 15 is 0 Å². The number of alkyl halides is 2. The highest BCUT2D eigenvalue weighted by Crippen LogP contribution is 2.21. The Morgan fingerprint density at radius 3 is 0.976 bits per heavy atom. The summed E-state index contributed by atoms with van der Waals surface area (Å²) < 4.78 is 57.1. The summed E-state index contributed by atoms with van der Waals surface area (Å²) in [6.07, 6.45) is 11.3. The summed E-state index contributed by atoms with van der Waals surface area (Å²) in [4.78, 5) is 0.697. The Morgan fingerprint density at radius 2 is 0.714 bits per heavy atom. The highest BCUT2D eigenvalue weighted by Gasteiger charge is 2.25. The number of aryl methyl sites for hydroxylation is 2. The van der Waals surface area contributed by atoms with Crippen molar-refractivity contribution in [3.63, 3.8) is 0 Å². The minimum atomic E-state index is -3.55. The summed E-state index contributed by atoms with van der Waals surface area (Å²) in [6, 6.07) is 14.2. The maximum absolute atomic E-state index is 13.4. The number of hydrogen-bond donors (Lipinski definition) is 0. The van der Waals surface area contributed by atoms with Gasteiger partial charge in [-0.1, -0.05) is 106 Å². The first kappa shape index (κ1) is 37.4. The second-order valence-corrected chi connectivity index (χ2v) is 16.5. The van der Waals surface area contributed by atoms with Gasteiger partial charge in [0, 0.05) is 36.8 Å². The van der Waals surface area contributed by atoms with Crippen molar-refractivity contribution < 1.29 is 16.8 Å². The SMILES string of the molecule is Cc1ccc(S(=O)(=O)N(CCCCCCBr)CCCCCCN(CCCCCCBr)S(=O)(=O)c2ccc(C)cc2)cc1. The number of rotatable bonds is 23. The van der Waals surface area contributed by atoms with Crippen molar-refractivity contribution in [3.05, 3.63) is 59.7 Å². The first-order chi connectivity index (χ1) is 20.1. The van der Waals surface area contributed by atoms with Crippen LogP contribution in [0.1, 0.15) is 88.2 Å². The van der Waals surface area contributed by atoms with E-state index in [1.165, 1.54) is 0 Å². The Kier molecular flexibility index (Phi) is 18.1. The smallest absolute Gasteiger partial charge is 0.207 e. The lowest BCUT2D eigenvalue weighted by Gasteiger charge is -2.23. The molecule has 42 heavy (non-hydrogen) atoms. The highest BCUT2D eigenvalue weighted by atomic mass is 79.9. The monoisotopic (exact) mass is 748 g/mol. The van der Waals surface area contributed by atoms with E-state index in [4.69, 9.17) is 0 Å². The van der Waals surface area contributed by atoms with Crippen molar-refractivity contribution in [1.29, 1.82) is 0 Å². The van der Waals surface area contributed by atoms with Gasteiger partial charge in [-0.25, -0.2) is 16.8 Å². The van der Waals surface area contributed by atoms with Gasteiger partial charge in [-0.2, -0.15) is 8.61 Å². The number of benzene rings is 2. The van der Waals surface area contributed by atoms with Crippen molar-refractivity contribution in [2.75, 3.05) is 36.8 Å². The van der Waals surface area contributed by atoms with Gasteiger partial charge >= 0.3 is 0 Å². The molecular formula is C32H50Br2N2O4S2. The van der Waals surface area contributed by atoms with Crippen molar-refractivity contribution in [1.82, 2.24) is 8.61 Å². The van der Waals surface area contributed by atoms with Gasteiger partial charge in [0.15, 0.2) is 0 Å². The summed E-state index contributed by atoms with van der Waals surface area (Å²) in [5.74, 6) is 0. The molecule has 0 atom stereocenters. The van der Waals surface area contributed by atoms with Crippen molar-refractivity contribution in [3.8, 4) is 0 Å². The molecule has 0 aliphatic carbocycles. The molecule has 2 rings (SSSR count). The van der Waals surface area contributed by atoms with Crippen LogP contribution in [0.25, 0.3) is 0 Å². The predicted molar refractivity (Wildman–Crippen MR) is 183 cm³/mol. The fourth-order valence-electron chi connectivity index (χ4n) is 4.83. The molecule has 0 unspecified atom stereocenters. The van der Waals surface area contributed by atoms with Crippen molar-refractivity contribution in [2.45, 2.75) is 101 Å². The van der Waals surface area contributed by atoms with Gasteiger partial charge in [-0.3, -0.25) is 0 Å². The number of halogens is 2. The van der Waals surface area contributed by atoms with Crippen LogP contribution in [-0.4, -0.2) is 62.3 Å². The molecule has 0 saturated carbocycles. The molecular weight excluding hydrogens is 700 g/mol. The van der Waals surface area contributed by atoms with Gasteiger partial charge in [0.25, 0.3) is 0 Å². The average Bonchev–Trinajstić information content (AvgIpc) is 2.96. The van der Waals surface area contributed by atoms with Crippen molar-refractivity contribution >= 4 is 51.9 Å². The zero-order valence-corrected chi connectivity index (χ0v) is 30.3. The molecule has 10 heteroatoms. The Labute approximate surface area is 273 Å². The lowest BCUT2D eigenvalue weighted by Crippen LogP contribution is -2.33. The van der Waals surface area contributed by atoms with Crippen LogP contribution in [-0.2, 0) is 20.0 Å². The third kappa shape index (κ3) is 13.1. The van der Waals surface area contributed by atoms with Gasteiger partial charge in [0.1, 0.15) is 0 Å². The van der Waals surface area contributed by atoms with Crippen LogP contribution in [0.15, 0.2) is 58.3 Å². The van der Waals surface area contributed by atoms with E-state index in [9.17, 15) is 16.8 Å². The molecule has 0 spiro atoms. The van der Waals surface area contributed by atoms with Gasteiger partial charge in [-0.05, 0) is 76.6 Å². The molecule has 238 valence electrons. The van der Waals surface area contributed by atoms with E-state index in [1.54, 1.807) is 32.9 Å². The molecule has 0 N–H and O–H groups in total. The minimum absolute atomic E-state index is 0.349. The summed E-state index contributed by atoms with van der Waals surface area (Å²) in [7, 11) is -7.11. The number of hydrogen-bond acceptors (Lipinski definition) is 4. The van der Waals surface area contributed by atoms with Gasteiger partial charge in [0.2, 0.25) is 20.0 Å². The summed E-state index contributed by atoms with van der Waals surface area (Å²) >= 11 is 6.93. The fraction of sp³-hybridized carbons (Fsp3) is 0.625. The maximum Gasteiger partial charge on any atom is 0.243 e. The molecule has 6 nitrogen and oxygen atoms in total. The maximum atomic E-state index is 13.4. The molecule has 0 heterocycles. The number of unbranched alkanes of at least 4 members (excludes halogenated alkanes) is 9. The molecule has 0 saturated heterocycles. The van der Waals surface area contributed by atoms with Crippen LogP contribution in [0.2, 0.25) is 0 Å². The van der Waals surface area contributed by atoms with E-state index < -0.39 is 20.0 Å². The first-order valence-electron chi connectivity index (χ1n) is 15.4. The Bertz CT molecular complexity index is 1120. The van der Waals surface area contributed by atoms with Crippen LogP contribution >= 0.6 is 31.9 Å². The zero-order valence-electron chi connectivity index (χ0n) is 25.4. The molecule has 2 aromatic carbocycles. The van der Waals surface area contributed by atoms with E-state index in [0.717, 1.165) is 98.8 Å². The zero-order chi connectivity index (χ0) is 30.8. The van der Waals surface area contributed by atoms with Crippen LogP contribution in [0.3, 0.4) is 0 Å². The van der Waals surface area contributed by atoms with Crippen LogP contribution in [0.5, 0.6) is 0 Å². The fourth-order valence-corrected chi connectivity index (χ4v) is 8.65. The lowest BCUT2D eigenvalue weighted by atomic mass is 10.1. The standard InChI is InChI=1S/C32H50Br2N2O4S2/c1-29-15-19-31(20-16-29)41(37,38)35(25-11-5-3-9-23-33)27-13-7-8-14-28-36(26-12-6-4-10-24-34)42(39,40)32-21-17-30(2)18-22-32/h15-22H,3-14,23-28H2,1-2H3. The number of sulfonamides is 2. The topological polar surface area (TPSA) is 74.8 Å². The summed E-state index contributed by atoms with van der Waals surface area (Å²) in [5.41, 5.74) is 2.07. The molecule has 0 aliphatic heterocycles. The minimum Gasteiger partial charge on any atom is -0.207 e. The molecule has 0 amide bonds. The van der Waals surface area contributed by atoms with Crippen LogP contribution in [0, 0.1) is 13.8 Å². The van der Waals surface area contributed by atoms with E-state index in [-0.39, 0.29) is 0 Å². The lowest BCUT2D eigenvalue weighted by molar-refractivity contribution is 0.370. The molecule has 0 radical (unpaired) electrons. The van der Waals surface area contributed by atoms with Gasteiger partial charge in [0.05, 0.1) is 9.79 Å². The predicted octanol–water partition coefficient (Wildman–Crippen LogP) is 8.46. The third-order valence-corrected chi connectivity index (χ3v) is 12.4. The third-order valence-electron chi connectivity index (χ3n) is 7.46. The molecule has 0 fully saturated rings. The van der Waals surface area contributed by atoms with Crippen LogP contribution in [0.4, 0.5) is 0 Å². The van der Waals surface area contributed by atoms with Gasteiger partial charge < -0.3 is 0 Å². The average molecular weight is 751 g/mol. The van der Waals surface area contributed by atoms with Crippen molar-refractivity contribution in [2.24, 2.45) is 0 Å². The van der Waals surface area contributed by atoms with E-state index in [1.807, 2.05) is 38.1 Å². The van der Waals surface area contributed by atoms with Gasteiger partial charge in [-0.15, -0.1) is 0 Å². The second kappa shape index (κ2) is 20.3. The first-order valence-corrected chi connectivity index (χ1v) is 20.5. The second-order valence-electron chi connectivity index (χ2n) is 11.1. The molecule has 0 aliphatic rings. The normalized spacial score (nSPS) is 12.4. The summed E-state index contributed by atoms with van der Waals surface area (Å²) in [6.45, 7) is 5.92. The van der Waals surface area contributed by atoms with E-state index in [0.29, 0.717) is 36.0 Å². The number of nitrogens with zero attached hydrogens (tertiary/aromatic N) is 2. The molecule has 0 bridgehead atoms. The molecule has 2 aromatic rings. The van der Waals surface area contributed by atoms with Crippen LogP contribution < -0.4 is 0 Å². The Hall–Kier alpha value is -0.780. The Morgan fingerprint density at radius 1 is 0.452 bits per heavy atom. The quantitative estimate of drug-likeness (QED) is 0.0845. The largest absolute Gasteiger partial charge is 0.243 e. The highest BCUT2D eigenvalue weighted by molar-refractivity contribution is 9.09. The molecule has 0 aromatic heterocycles. The summed E-state index contributed by atoms with van der Waals surface area (Å²) in [5, 5.41) is 1.94. The Balaban J connectivity index is 1.95.